The number of ether oxygens (including phenoxy) is 2. The third-order valence-corrected chi connectivity index (χ3v) is 4.73. The van der Waals surface area contributed by atoms with Crippen molar-refractivity contribution in [2.75, 3.05) is 44.7 Å². The van der Waals surface area contributed by atoms with Gasteiger partial charge in [-0.1, -0.05) is 30.3 Å². The van der Waals surface area contributed by atoms with Gasteiger partial charge in [0.2, 0.25) is 5.82 Å². The monoisotopic (exact) mass is 395 g/mol. The highest BCUT2D eigenvalue weighted by molar-refractivity contribution is 5.83. The zero-order valence-electron chi connectivity index (χ0n) is 15.8. The van der Waals surface area contributed by atoms with Crippen LogP contribution < -0.4 is 10.1 Å². The molecule has 150 valence electrons. The first-order valence-electron chi connectivity index (χ1n) is 9.41. The Kier molecular flexibility index (Phi) is 5.78. The van der Waals surface area contributed by atoms with Crippen LogP contribution in [0.4, 0.5) is 11.5 Å². The van der Waals surface area contributed by atoms with E-state index in [1.165, 1.54) is 6.33 Å². The van der Waals surface area contributed by atoms with Crippen molar-refractivity contribution in [3.05, 3.63) is 58.9 Å². The molecule has 0 spiro atoms. The Bertz CT molecular complexity index is 1010. The molecule has 0 aliphatic carbocycles. The maximum Gasteiger partial charge on any atom is 0.373 e. The van der Waals surface area contributed by atoms with Gasteiger partial charge < -0.3 is 14.8 Å². The average Bonchev–Trinajstić information content (AvgIpc) is 2.74. The van der Waals surface area contributed by atoms with Gasteiger partial charge in [0.15, 0.2) is 0 Å². The Hall–Kier alpha value is -3.30. The van der Waals surface area contributed by atoms with Crippen molar-refractivity contribution in [1.29, 1.82) is 0 Å². The molecule has 1 aliphatic rings. The highest BCUT2D eigenvalue weighted by Crippen LogP contribution is 2.34. The minimum atomic E-state index is -0.520. The lowest BCUT2D eigenvalue weighted by Gasteiger charge is -2.26. The Labute approximate surface area is 167 Å². The molecule has 3 aromatic rings. The summed E-state index contributed by atoms with van der Waals surface area (Å²) in [5, 5.41) is 16.8. The minimum absolute atomic E-state index is 0.0887. The smallest absolute Gasteiger partial charge is 0.373 e. The molecule has 9 heteroatoms. The van der Waals surface area contributed by atoms with Gasteiger partial charge in [-0.2, -0.15) is 4.98 Å². The molecule has 1 aliphatic heterocycles. The second kappa shape index (κ2) is 8.80. The van der Waals surface area contributed by atoms with Crippen molar-refractivity contribution in [1.82, 2.24) is 14.9 Å². The third-order valence-electron chi connectivity index (χ3n) is 4.73. The van der Waals surface area contributed by atoms with E-state index in [4.69, 9.17) is 9.47 Å². The number of nitrogens with zero attached hydrogens (tertiary/aromatic N) is 4. The number of nitro groups is 1. The van der Waals surface area contributed by atoms with Crippen molar-refractivity contribution in [3.63, 3.8) is 0 Å². The van der Waals surface area contributed by atoms with Crippen LogP contribution in [0.2, 0.25) is 0 Å². The van der Waals surface area contributed by atoms with Crippen LogP contribution in [0.1, 0.15) is 0 Å². The van der Waals surface area contributed by atoms with Crippen molar-refractivity contribution in [3.8, 4) is 11.6 Å². The largest absolute Gasteiger partial charge is 0.434 e. The van der Waals surface area contributed by atoms with Gasteiger partial charge in [-0.05, 0) is 22.9 Å². The molecule has 1 fully saturated rings. The van der Waals surface area contributed by atoms with Crippen LogP contribution in [0.15, 0.2) is 48.8 Å². The summed E-state index contributed by atoms with van der Waals surface area (Å²) in [6.07, 6.45) is 1.26. The van der Waals surface area contributed by atoms with Gasteiger partial charge in [0.05, 0.1) is 18.1 Å². The average molecular weight is 395 g/mol. The Balaban J connectivity index is 1.51. The number of rotatable bonds is 7. The lowest BCUT2D eigenvalue weighted by atomic mass is 10.1. The molecule has 1 aromatic heterocycles. The van der Waals surface area contributed by atoms with Gasteiger partial charge in [-0.25, -0.2) is 4.98 Å². The highest BCUT2D eigenvalue weighted by Gasteiger charge is 2.25. The molecular formula is C20H21N5O4. The topological polar surface area (TPSA) is 103 Å². The fraction of sp³-hybridized carbons (Fsp3) is 0.300. The zero-order chi connectivity index (χ0) is 20.1. The number of morpholine rings is 1. The number of anilines is 1. The molecule has 4 rings (SSSR count). The fourth-order valence-corrected chi connectivity index (χ4v) is 3.23. The normalized spacial score (nSPS) is 14.6. The number of benzene rings is 2. The third kappa shape index (κ3) is 4.58. The summed E-state index contributed by atoms with van der Waals surface area (Å²) < 4.78 is 11.1. The standard InChI is InChI=1S/C20H21N5O4/c26-25(27)18-19(21-7-8-24-9-11-28-12-10-24)22-14-23-20(18)29-17-6-5-15-3-1-2-4-16(15)13-17/h1-6,13-14H,7-12H2,(H,21,22,23). The molecule has 0 atom stereocenters. The second-order valence-corrected chi connectivity index (χ2v) is 6.62. The molecule has 2 aromatic carbocycles. The van der Waals surface area contributed by atoms with Gasteiger partial charge in [-0.15, -0.1) is 0 Å². The zero-order valence-corrected chi connectivity index (χ0v) is 15.8. The van der Waals surface area contributed by atoms with Gasteiger partial charge in [0, 0.05) is 26.2 Å². The van der Waals surface area contributed by atoms with Crippen LogP contribution in [-0.4, -0.2) is 59.2 Å². The van der Waals surface area contributed by atoms with E-state index in [-0.39, 0.29) is 17.4 Å². The van der Waals surface area contributed by atoms with E-state index < -0.39 is 4.92 Å². The van der Waals surface area contributed by atoms with Crippen LogP contribution in [-0.2, 0) is 4.74 Å². The summed E-state index contributed by atoms with van der Waals surface area (Å²) >= 11 is 0. The molecule has 2 heterocycles. The number of aromatic nitrogens is 2. The quantitative estimate of drug-likeness (QED) is 0.481. The highest BCUT2D eigenvalue weighted by atomic mass is 16.6. The van der Waals surface area contributed by atoms with E-state index in [9.17, 15) is 10.1 Å². The van der Waals surface area contributed by atoms with E-state index in [0.29, 0.717) is 25.5 Å². The maximum atomic E-state index is 11.7. The van der Waals surface area contributed by atoms with E-state index in [2.05, 4.69) is 20.2 Å². The lowest BCUT2D eigenvalue weighted by Crippen LogP contribution is -2.39. The molecular weight excluding hydrogens is 374 g/mol. The molecule has 9 nitrogen and oxygen atoms in total. The molecule has 29 heavy (non-hydrogen) atoms. The van der Waals surface area contributed by atoms with Gasteiger partial charge in [-0.3, -0.25) is 15.0 Å². The molecule has 0 amide bonds. The Morgan fingerprint density at radius 1 is 1.14 bits per heavy atom. The summed E-state index contributed by atoms with van der Waals surface area (Å²) in [6.45, 7) is 4.38. The molecule has 0 bridgehead atoms. The summed E-state index contributed by atoms with van der Waals surface area (Å²) in [6, 6.07) is 13.3. The summed E-state index contributed by atoms with van der Waals surface area (Å²) in [7, 11) is 0. The predicted molar refractivity (Wildman–Crippen MR) is 108 cm³/mol. The Morgan fingerprint density at radius 3 is 2.72 bits per heavy atom. The maximum absolute atomic E-state index is 11.7. The lowest BCUT2D eigenvalue weighted by molar-refractivity contribution is -0.385. The first-order chi connectivity index (χ1) is 14.2. The molecule has 0 unspecified atom stereocenters. The summed E-state index contributed by atoms with van der Waals surface area (Å²) in [5.41, 5.74) is -0.275. The fourth-order valence-electron chi connectivity index (χ4n) is 3.23. The molecule has 1 saturated heterocycles. The first-order valence-corrected chi connectivity index (χ1v) is 9.41. The van der Waals surface area contributed by atoms with Crippen molar-refractivity contribution < 1.29 is 14.4 Å². The van der Waals surface area contributed by atoms with Crippen LogP contribution in [0, 0.1) is 10.1 Å². The van der Waals surface area contributed by atoms with Crippen LogP contribution >= 0.6 is 0 Å². The SMILES string of the molecule is O=[N+]([O-])c1c(NCCN2CCOCC2)ncnc1Oc1ccc2ccccc2c1. The first kappa shape index (κ1) is 19.0. The summed E-state index contributed by atoms with van der Waals surface area (Å²) in [5.74, 6) is 0.535. The molecule has 1 N–H and O–H groups in total. The molecule has 0 saturated carbocycles. The van der Waals surface area contributed by atoms with Gasteiger partial charge >= 0.3 is 11.6 Å². The number of nitrogens with one attached hydrogen (secondary N) is 1. The molecule has 0 radical (unpaired) electrons. The van der Waals surface area contributed by atoms with Gasteiger partial charge in [0.1, 0.15) is 12.1 Å². The van der Waals surface area contributed by atoms with Crippen molar-refractivity contribution in [2.24, 2.45) is 0 Å². The van der Waals surface area contributed by atoms with Crippen LogP contribution in [0.25, 0.3) is 10.8 Å². The van der Waals surface area contributed by atoms with Crippen LogP contribution in [0.5, 0.6) is 11.6 Å². The number of hydrogen-bond donors (Lipinski definition) is 1. The van der Waals surface area contributed by atoms with Gasteiger partial charge in [0.25, 0.3) is 0 Å². The Morgan fingerprint density at radius 2 is 1.93 bits per heavy atom. The minimum Gasteiger partial charge on any atom is -0.434 e. The number of hydrogen-bond acceptors (Lipinski definition) is 8. The predicted octanol–water partition coefficient (Wildman–Crippen LogP) is 3.07. The van der Waals surface area contributed by atoms with Crippen LogP contribution in [0.3, 0.4) is 0 Å². The second-order valence-electron chi connectivity index (χ2n) is 6.62. The summed E-state index contributed by atoms with van der Waals surface area (Å²) in [4.78, 5) is 21.4. The van der Waals surface area contributed by atoms with E-state index in [0.717, 1.165) is 30.4 Å². The van der Waals surface area contributed by atoms with E-state index >= 15 is 0 Å². The van der Waals surface area contributed by atoms with Crippen molar-refractivity contribution >= 4 is 22.3 Å². The van der Waals surface area contributed by atoms with E-state index in [1.54, 1.807) is 6.07 Å². The number of fused-ring (bicyclic) bond motifs is 1. The van der Waals surface area contributed by atoms with Crippen molar-refractivity contribution in [2.45, 2.75) is 0 Å². The van der Waals surface area contributed by atoms with E-state index in [1.807, 2.05) is 36.4 Å².